The maximum atomic E-state index is 14.2. The molecule has 2 rings (SSSR count). The molecule has 0 bridgehead atoms. The number of allylic oxidation sites excluding steroid dienone is 2. The number of carbonyl (C=O) groups excluding carboxylic acids is 1. The number of hydrogen-bond acceptors (Lipinski definition) is 3. The van der Waals surface area contributed by atoms with Crippen LogP contribution in [0.2, 0.25) is 0 Å². The Kier molecular flexibility index (Phi) is 5.41. The van der Waals surface area contributed by atoms with Crippen molar-refractivity contribution >= 4 is 5.91 Å². The minimum Gasteiger partial charge on any atom is -0.493 e. The first-order chi connectivity index (χ1) is 10.6. The molecule has 1 amide bonds. The molecule has 2 atom stereocenters. The summed E-state index contributed by atoms with van der Waals surface area (Å²) in [5.41, 5.74) is 0.386. The van der Waals surface area contributed by atoms with Crippen LogP contribution in [0.3, 0.4) is 0 Å². The summed E-state index contributed by atoms with van der Waals surface area (Å²) in [5, 5.41) is 2.89. The van der Waals surface area contributed by atoms with Crippen LogP contribution in [0, 0.1) is 11.7 Å². The molecule has 5 heteroatoms. The van der Waals surface area contributed by atoms with E-state index in [0.717, 1.165) is 19.3 Å². The Morgan fingerprint density at radius 3 is 2.55 bits per heavy atom. The van der Waals surface area contributed by atoms with Crippen LogP contribution in [-0.2, 0) is 4.79 Å². The molecule has 0 heterocycles. The normalized spacial score (nSPS) is 18.6. The molecule has 0 spiro atoms. The van der Waals surface area contributed by atoms with Gasteiger partial charge in [0.2, 0.25) is 5.91 Å². The van der Waals surface area contributed by atoms with Crippen molar-refractivity contribution < 1.29 is 18.7 Å². The molecule has 0 radical (unpaired) electrons. The van der Waals surface area contributed by atoms with Crippen LogP contribution in [0.5, 0.6) is 11.5 Å². The largest absolute Gasteiger partial charge is 0.493 e. The van der Waals surface area contributed by atoms with Gasteiger partial charge in [-0.25, -0.2) is 4.39 Å². The number of methoxy groups -OCH3 is 2. The predicted molar refractivity (Wildman–Crippen MR) is 82.5 cm³/mol. The first kappa shape index (κ1) is 16.3. The van der Waals surface area contributed by atoms with Crippen molar-refractivity contribution in [1.29, 1.82) is 0 Å². The third-order valence-corrected chi connectivity index (χ3v) is 3.97. The SMILES string of the molecule is COc1cc(F)c([C@H](C)NC(=O)[C@H]2CC=CCC2)cc1OC. The van der Waals surface area contributed by atoms with Gasteiger partial charge in [-0.1, -0.05) is 12.2 Å². The summed E-state index contributed by atoms with van der Waals surface area (Å²) < 4.78 is 24.5. The third-order valence-electron chi connectivity index (χ3n) is 3.97. The van der Waals surface area contributed by atoms with Crippen molar-refractivity contribution in [2.75, 3.05) is 14.2 Å². The van der Waals surface area contributed by atoms with Crippen molar-refractivity contribution in [3.8, 4) is 11.5 Å². The summed E-state index contributed by atoms with van der Waals surface area (Å²) in [4.78, 5) is 12.2. The molecule has 0 aromatic heterocycles. The monoisotopic (exact) mass is 307 g/mol. The quantitative estimate of drug-likeness (QED) is 0.848. The zero-order valence-corrected chi connectivity index (χ0v) is 13.2. The average molecular weight is 307 g/mol. The molecule has 0 unspecified atom stereocenters. The van der Waals surface area contributed by atoms with E-state index in [2.05, 4.69) is 11.4 Å². The van der Waals surface area contributed by atoms with Crippen LogP contribution in [-0.4, -0.2) is 20.1 Å². The van der Waals surface area contributed by atoms with E-state index in [-0.39, 0.29) is 11.8 Å². The van der Waals surface area contributed by atoms with E-state index in [1.807, 2.05) is 6.08 Å². The lowest BCUT2D eigenvalue weighted by Crippen LogP contribution is -2.33. The van der Waals surface area contributed by atoms with Crippen molar-refractivity contribution in [2.24, 2.45) is 5.92 Å². The van der Waals surface area contributed by atoms with Crippen molar-refractivity contribution in [3.05, 3.63) is 35.7 Å². The molecule has 4 nitrogen and oxygen atoms in total. The van der Waals surface area contributed by atoms with Gasteiger partial charge in [0, 0.05) is 17.5 Å². The van der Waals surface area contributed by atoms with Crippen LogP contribution >= 0.6 is 0 Å². The molecule has 1 N–H and O–H groups in total. The molecule has 1 aliphatic rings. The van der Waals surface area contributed by atoms with E-state index in [0.29, 0.717) is 17.1 Å². The van der Waals surface area contributed by atoms with Gasteiger partial charge in [0.05, 0.1) is 20.3 Å². The number of benzene rings is 1. The molecule has 1 aliphatic carbocycles. The Balaban J connectivity index is 2.13. The zero-order chi connectivity index (χ0) is 16.1. The van der Waals surface area contributed by atoms with E-state index in [4.69, 9.17) is 9.47 Å². The molecule has 22 heavy (non-hydrogen) atoms. The van der Waals surface area contributed by atoms with Gasteiger partial charge in [0.25, 0.3) is 0 Å². The highest BCUT2D eigenvalue weighted by Gasteiger charge is 2.23. The maximum Gasteiger partial charge on any atom is 0.223 e. The molecule has 0 aliphatic heterocycles. The molecule has 0 fully saturated rings. The highest BCUT2D eigenvalue weighted by Crippen LogP contribution is 2.32. The Hall–Kier alpha value is -2.04. The van der Waals surface area contributed by atoms with E-state index >= 15 is 0 Å². The number of nitrogens with one attached hydrogen (secondary N) is 1. The summed E-state index contributed by atoms with van der Waals surface area (Å²) in [6, 6.07) is 2.42. The van der Waals surface area contributed by atoms with Gasteiger partial charge in [0.15, 0.2) is 11.5 Å². The summed E-state index contributed by atoms with van der Waals surface area (Å²) >= 11 is 0. The molecule has 0 saturated heterocycles. The Morgan fingerprint density at radius 1 is 1.27 bits per heavy atom. The van der Waals surface area contributed by atoms with Crippen LogP contribution in [0.1, 0.15) is 37.8 Å². The van der Waals surface area contributed by atoms with Gasteiger partial charge in [-0.2, -0.15) is 0 Å². The van der Waals surface area contributed by atoms with Gasteiger partial charge < -0.3 is 14.8 Å². The molecular weight excluding hydrogens is 285 g/mol. The van der Waals surface area contributed by atoms with Gasteiger partial charge in [-0.3, -0.25) is 4.79 Å². The van der Waals surface area contributed by atoms with Crippen molar-refractivity contribution in [2.45, 2.75) is 32.2 Å². The van der Waals surface area contributed by atoms with Crippen LogP contribution < -0.4 is 14.8 Å². The highest BCUT2D eigenvalue weighted by atomic mass is 19.1. The Bertz CT molecular complexity index is 571. The number of rotatable bonds is 5. The topological polar surface area (TPSA) is 47.6 Å². The smallest absolute Gasteiger partial charge is 0.223 e. The van der Waals surface area contributed by atoms with Crippen LogP contribution in [0.25, 0.3) is 0 Å². The van der Waals surface area contributed by atoms with Gasteiger partial charge in [-0.05, 0) is 32.3 Å². The summed E-state index contributed by atoms with van der Waals surface area (Å²) in [7, 11) is 2.95. The van der Waals surface area contributed by atoms with E-state index in [9.17, 15) is 9.18 Å². The molecule has 0 saturated carbocycles. The van der Waals surface area contributed by atoms with E-state index in [1.165, 1.54) is 20.3 Å². The van der Waals surface area contributed by atoms with Gasteiger partial charge >= 0.3 is 0 Å². The maximum absolute atomic E-state index is 14.2. The Labute approximate surface area is 130 Å². The van der Waals surface area contributed by atoms with E-state index < -0.39 is 11.9 Å². The molecule has 120 valence electrons. The first-order valence-electron chi connectivity index (χ1n) is 7.43. The lowest BCUT2D eigenvalue weighted by atomic mass is 9.93. The lowest BCUT2D eigenvalue weighted by molar-refractivity contribution is -0.125. The zero-order valence-electron chi connectivity index (χ0n) is 13.2. The lowest BCUT2D eigenvalue weighted by Gasteiger charge is -2.22. The molecule has 1 aromatic carbocycles. The van der Waals surface area contributed by atoms with Crippen molar-refractivity contribution in [3.63, 3.8) is 0 Å². The summed E-state index contributed by atoms with van der Waals surface area (Å²) in [5.74, 6) is 0.288. The average Bonchev–Trinajstić information content (AvgIpc) is 2.55. The third kappa shape index (κ3) is 3.59. The second kappa shape index (κ2) is 7.29. The first-order valence-corrected chi connectivity index (χ1v) is 7.43. The van der Waals surface area contributed by atoms with Crippen LogP contribution in [0.4, 0.5) is 4.39 Å². The minimum atomic E-state index is -0.432. The summed E-state index contributed by atoms with van der Waals surface area (Å²) in [6.07, 6.45) is 6.60. The number of halogens is 1. The number of ether oxygens (including phenoxy) is 2. The molecular formula is C17H22FNO3. The highest BCUT2D eigenvalue weighted by molar-refractivity contribution is 5.79. The van der Waals surface area contributed by atoms with Gasteiger partial charge in [-0.15, -0.1) is 0 Å². The number of carbonyl (C=O) groups is 1. The summed E-state index contributed by atoms with van der Waals surface area (Å²) in [6.45, 7) is 1.76. The fourth-order valence-electron chi connectivity index (χ4n) is 2.64. The fraction of sp³-hybridized carbons (Fsp3) is 0.471. The second-order valence-electron chi connectivity index (χ2n) is 5.44. The number of hydrogen-bond donors (Lipinski definition) is 1. The molecule has 1 aromatic rings. The minimum absolute atomic E-state index is 0.0318. The second-order valence-corrected chi connectivity index (χ2v) is 5.44. The predicted octanol–water partition coefficient (Wildman–Crippen LogP) is 3.38. The standard InChI is InChI=1S/C17H22FNO3/c1-11(19-17(20)12-7-5-4-6-8-12)13-9-15(21-2)16(22-3)10-14(13)18/h4-5,9-12H,6-8H2,1-3H3,(H,19,20)/t11-,12-/m0/s1. The fourth-order valence-corrected chi connectivity index (χ4v) is 2.64. The Morgan fingerprint density at radius 2 is 1.95 bits per heavy atom. The van der Waals surface area contributed by atoms with E-state index in [1.54, 1.807) is 13.0 Å². The van der Waals surface area contributed by atoms with Crippen molar-refractivity contribution in [1.82, 2.24) is 5.32 Å². The van der Waals surface area contributed by atoms with Gasteiger partial charge in [0.1, 0.15) is 5.82 Å². The number of amides is 1. The van der Waals surface area contributed by atoms with Crippen LogP contribution in [0.15, 0.2) is 24.3 Å².